The summed E-state index contributed by atoms with van der Waals surface area (Å²) in [5.74, 6) is 0.0383. The molecule has 0 aliphatic heterocycles. The molecule has 0 rings (SSSR count). The van der Waals surface area contributed by atoms with Crippen LogP contribution in [0, 0.1) is 0 Å². The van der Waals surface area contributed by atoms with E-state index in [2.05, 4.69) is 22.4 Å². The van der Waals surface area contributed by atoms with Gasteiger partial charge in [-0.25, -0.2) is 13.4 Å². The Hall–Kier alpha value is -0.250. The first-order valence-electron chi connectivity index (χ1n) is 2.70. The van der Waals surface area contributed by atoms with Gasteiger partial charge in [0.1, 0.15) is 9.84 Å². The van der Waals surface area contributed by atoms with Gasteiger partial charge in [-0.05, 0) is 19.1 Å². The molecule has 1 unspecified atom stereocenters. The highest BCUT2D eigenvalue weighted by molar-refractivity contribution is 7.90. The van der Waals surface area contributed by atoms with Crippen LogP contribution in [0.1, 0.15) is 6.92 Å². The predicted molar refractivity (Wildman–Crippen MR) is 44.2 cm³/mol. The average molecular weight is 179 g/mol. The van der Waals surface area contributed by atoms with Gasteiger partial charge in [0.05, 0.1) is 17.0 Å². The summed E-state index contributed by atoms with van der Waals surface area (Å²) in [7, 11) is -2.93. The largest absolute Gasteiger partial charge is 0.229 e. The van der Waals surface area contributed by atoms with Crippen LogP contribution in [0.5, 0.6) is 0 Å². The van der Waals surface area contributed by atoms with Crippen LogP contribution in [0.15, 0.2) is 4.99 Å². The fraction of sp³-hybridized carbons (Fsp3) is 0.800. The highest BCUT2D eigenvalue weighted by Gasteiger charge is 2.07. The first-order valence-corrected chi connectivity index (χ1v) is 5.17. The molecule has 0 aliphatic rings. The predicted octanol–water partition coefficient (Wildman–Crippen LogP) is 0.522. The maximum atomic E-state index is 10.6. The van der Waals surface area contributed by atoms with Crippen LogP contribution in [0.2, 0.25) is 0 Å². The maximum absolute atomic E-state index is 10.6. The normalized spacial score (nSPS) is 13.8. The Morgan fingerprint density at radius 2 is 2.20 bits per heavy atom. The molecule has 0 spiro atoms. The lowest BCUT2D eigenvalue weighted by atomic mass is 10.4. The number of aliphatic imine (C=N–C) groups is 1. The lowest BCUT2D eigenvalue weighted by Crippen LogP contribution is -2.14. The molecule has 0 heterocycles. The van der Waals surface area contributed by atoms with Crippen LogP contribution >= 0.6 is 12.2 Å². The Kier molecular flexibility index (Phi) is 3.71. The van der Waals surface area contributed by atoms with E-state index in [1.54, 1.807) is 6.92 Å². The summed E-state index contributed by atoms with van der Waals surface area (Å²) in [6, 6.07) is -0.271. The van der Waals surface area contributed by atoms with Crippen molar-refractivity contribution in [3.8, 4) is 0 Å². The molecule has 0 fully saturated rings. The zero-order valence-electron chi connectivity index (χ0n) is 5.86. The van der Waals surface area contributed by atoms with E-state index in [4.69, 9.17) is 0 Å². The van der Waals surface area contributed by atoms with Crippen molar-refractivity contribution in [2.24, 2.45) is 4.99 Å². The van der Waals surface area contributed by atoms with E-state index in [1.807, 2.05) is 0 Å². The van der Waals surface area contributed by atoms with Crippen molar-refractivity contribution < 1.29 is 8.42 Å². The monoisotopic (exact) mass is 179 g/mol. The standard InChI is InChI=1S/C5H9NO2S2/c1-5(6-4-9)3-10(2,7)8/h5H,3H2,1-2H3. The molecule has 10 heavy (non-hydrogen) atoms. The van der Waals surface area contributed by atoms with E-state index in [0.29, 0.717) is 0 Å². The SMILES string of the molecule is CC(CS(C)(=O)=O)N=C=S. The number of nitrogens with zero attached hydrogens (tertiary/aromatic N) is 1. The molecule has 58 valence electrons. The molecule has 0 bridgehead atoms. The molecule has 0 saturated carbocycles. The lowest BCUT2D eigenvalue weighted by molar-refractivity contribution is 0.596. The fourth-order valence-corrected chi connectivity index (χ4v) is 1.70. The minimum atomic E-state index is -2.93. The van der Waals surface area contributed by atoms with E-state index in [1.165, 1.54) is 6.26 Å². The zero-order valence-corrected chi connectivity index (χ0v) is 7.50. The van der Waals surface area contributed by atoms with Crippen molar-refractivity contribution in [1.82, 2.24) is 0 Å². The minimum absolute atomic E-state index is 0.0383. The van der Waals surface area contributed by atoms with Crippen molar-refractivity contribution in [3.63, 3.8) is 0 Å². The van der Waals surface area contributed by atoms with Crippen molar-refractivity contribution in [1.29, 1.82) is 0 Å². The van der Waals surface area contributed by atoms with E-state index in [9.17, 15) is 8.42 Å². The first-order chi connectivity index (χ1) is 4.45. The molecular formula is C5H9NO2S2. The summed E-state index contributed by atoms with van der Waals surface area (Å²) in [6.07, 6.45) is 1.17. The Labute approximate surface area is 66.1 Å². The molecule has 5 heteroatoms. The second-order valence-corrected chi connectivity index (χ2v) is 4.53. The number of hydrogen-bond acceptors (Lipinski definition) is 4. The number of rotatable bonds is 3. The molecule has 1 atom stereocenters. The van der Waals surface area contributed by atoms with Gasteiger partial charge < -0.3 is 0 Å². The summed E-state index contributed by atoms with van der Waals surface area (Å²) in [6.45, 7) is 1.68. The first kappa shape index (κ1) is 9.75. The molecular weight excluding hydrogens is 170 g/mol. The Morgan fingerprint density at radius 1 is 1.70 bits per heavy atom. The van der Waals surface area contributed by atoms with E-state index in [0.717, 1.165) is 0 Å². The quantitative estimate of drug-likeness (QED) is 0.469. The van der Waals surface area contributed by atoms with Gasteiger partial charge in [0.2, 0.25) is 0 Å². The van der Waals surface area contributed by atoms with Crippen LogP contribution in [0.25, 0.3) is 0 Å². The van der Waals surface area contributed by atoms with Gasteiger partial charge in [-0.2, -0.15) is 0 Å². The lowest BCUT2D eigenvalue weighted by Gasteiger charge is -1.99. The number of thiocarbonyl (C=S) groups is 1. The van der Waals surface area contributed by atoms with Crippen LogP contribution in [0.3, 0.4) is 0 Å². The van der Waals surface area contributed by atoms with Gasteiger partial charge in [-0.3, -0.25) is 0 Å². The summed E-state index contributed by atoms with van der Waals surface area (Å²) in [5, 5.41) is 2.13. The van der Waals surface area contributed by atoms with Gasteiger partial charge in [0.25, 0.3) is 0 Å². The third kappa shape index (κ3) is 5.88. The van der Waals surface area contributed by atoms with Crippen LogP contribution < -0.4 is 0 Å². The molecule has 0 amide bonds. The number of sulfone groups is 1. The van der Waals surface area contributed by atoms with Crippen molar-refractivity contribution >= 4 is 27.2 Å². The van der Waals surface area contributed by atoms with E-state index < -0.39 is 9.84 Å². The fourth-order valence-electron chi connectivity index (χ4n) is 0.565. The second kappa shape index (κ2) is 3.81. The molecule has 0 aliphatic carbocycles. The van der Waals surface area contributed by atoms with E-state index in [-0.39, 0.29) is 11.8 Å². The second-order valence-electron chi connectivity index (χ2n) is 2.16. The smallest absolute Gasteiger partial charge is 0.149 e. The van der Waals surface area contributed by atoms with Gasteiger partial charge in [0.15, 0.2) is 0 Å². The highest BCUT2D eigenvalue weighted by atomic mass is 32.2. The summed E-state index contributed by atoms with van der Waals surface area (Å²) >= 11 is 4.31. The molecule has 0 saturated heterocycles. The highest BCUT2D eigenvalue weighted by Crippen LogP contribution is 1.93. The Balaban J connectivity index is 4.05. The van der Waals surface area contributed by atoms with Gasteiger partial charge in [-0.15, -0.1) is 0 Å². The van der Waals surface area contributed by atoms with E-state index >= 15 is 0 Å². The maximum Gasteiger partial charge on any atom is 0.149 e. The zero-order chi connectivity index (χ0) is 8.20. The van der Waals surface area contributed by atoms with Gasteiger partial charge in [-0.1, -0.05) is 0 Å². The summed E-state index contributed by atoms with van der Waals surface area (Å²) < 4.78 is 21.2. The Bertz CT molecular complexity index is 238. The summed E-state index contributed by atoms with van der Waals surface area (Å²) in [4.78, 5) is 3.60. The van der Waals surface area contributed by atoms with Crippen molar-refractivity contribution in [2.45, 2.75) is 13.0 Å². The molecule has 0 aromatic rings. The molecule has 0 radical (unpaired) electrons. The van der Waals surface area contributed by atoms with Crippen LogP contribution in [-0.2, 0) is 9.84 Å². The van der Waals surface area contributed by atoms with Gasteiger partial charge >= 0.3 is 0 Å². The number of hydrogen-bond donors (Lipinski definition) is 0. The number of isothiocyanates is 1. The third-order valence-corrected chi connectivity index (χ3v) is 2.01. The molecule has 0 N–H and O–H groups in total. The molecule has 3 nitrogen and oxygen atoms in total. The van der Waals surface area contributed by atoms with Crippen LogP contribution in [0.4, 0.5) is 0 Å². The van der Waals surface area contributed by atoms with Crippen molar-refractivity contribution in [3.05, 3.63) is 0 Å². The molecule has 0 aromatic carbocycles. The minimum Gasteiger partial charge on any atom is -0.229 e. The topological polar surface area (TPSA) is 46.5 Å². The third-order valence-electron chi connectivity index (χ3n) is 0.817. The van der Waals surface area contributed by atoms with Crippen molar-refractivity contribution in [2.75, 3.05) is 12.0 Å². The Morgan fingerprint density at radius 3 is 2.50 bits per heavy atom. The summed E-state index contributed by atoms with van der Waals surface area (Å²) in [5.41, 5.74) is 0. The van der Waals surface area contributed by atoms with Crippen LogP contribution in [-0.4, -0.2) is 31.6 Å². The average Bonchev–Trinajstić information content (AvgIpc) is 1.59. The molecule has 0 aromatic heterocycles. The van der Waals surface area contributed by atoms with Gasteiger partial charge in [0, 0.05) is 6.26 Å².